The van der Waals surface area contributed by atoms with Crippen molar-refractivity contribution in [2.24, 2.45) is 0 Å². The lowest BCUT2D eigenvalue weighted by Crippen LogP contribution is -2.21. The topological polar surface area (TPSA) is 55.6 Å². The summed E-state index contributed by atoms with van der Waals surface area (Å²) < 4.78 is 5.71. The molecule has 2 rings (SSSR count). The van der Waals surface area contributed by atoms with E-state index in [0.29, 0.717) is 22.7 Å². The predicted molar refractivity (Wildman–Crippen MR) is 80.1 cm³/mol. The second-order valence-corrected chi connectivity index (χ2v) is 4.87. The predicted octanol–water partition coefficient (Wildman–Crippen LogP) is 3.07. The van der Waals surface area contributed by atoms with Crippen LogP contribution in [-0.2, 0) is 0 Å². The van der Waals surface area contributed by atoms with E-state index in [2.05, 4.69) is 0 Å². The van der Waals surface area contributed by atoms with Gasteiger partial charge in [-0.3, -0.25) is 4.79 Å². The Morgan fingerprint density at radius 3 is 2.30 bits per heavy atom. The number of rotatable bonds is 3. The number of nitrogen functional groups attached to an aromatic ring is 1. The fraction of sp³-hybridized carbons (Fsp3) is 0.188. The van der Waals surface area contributed by atoms with E-state index in [1.807, 2.05) is 31.2 Å². The van der Waals surface area contributed by atoms with Gasteiger partial charge in [0.05, 0.1) is 5.69 Å². The van der Waals surface area contributed by atoms with Gasteiger partial charge >= 0.3 is 0 Å². The third-order valence-corrected chi connectivity index (χ3v) is 2.91. The molecule has 104 valence electrons. The number of benzene rings is 2. The molecule has 2 aromatic rings. The van der Waals surface area contributed by atoms with Gasteiger partial charge in [-0.2, -0.15) is 0 Å². The number of nitrogens with zero attached hydrogens (tertiary/aromatic N) is 1. The van der Waals surface area contributed by atoms with Gasteiger partial charge in [0.1, 0.15) is 11.5 Å². The molecule has 0 radical (unpaired) electrons. The molecule has 0 aliphatic carbocycles. The molecule has 2 N–H and O–H groups in total. The summed E-state index contributed by atoms with van der Waals surface area (Å²) in [5, 5.41) is 0. The van der Waals surface area contributed by atoms with Crippen molar-refractivity contribution in [2.75, 3.05) is 19.8 Å². The molecule has 0 unspecified atom stereocenters. The van der Waals surface area contributed by atoms with Crippen LogP contribution in [0.2, 0.25) is 0 Å². The van der Waals surface area contributed by atoms with Crippen LogP contribution in [0.5, 0.6) is 11.5 Å². The standard InChI is InChI=1S/C16H18N2O2/c1-11-4-7-13(8-5-11)20-15-9-6-12(10-14(15)17)16(19)18(2)3/h4-10H,17H2,1-3H3. The first-order valence-corrected chi connectivity index (χ1v) is 6.33. The van der Waals surface area contributed by atoms with Gasteiger partial charge in [-0.1, -0.05) is 17.7 Å². The fourth-order valence-corrected chi connectivity index (χ4v) is 1.77. The van der Waals surface area contributed by atoms with Gasteiger partial charge in [0.25, 0.3) is 5.91 Å². The molecular weight excluding hydrogens is 252 g/mol. The summed E-state index contributed by atoms with van der Waals surface area (Å²) in [5.41, 5.74) is 8.09. The molecule has 0 saturated heterocycles. The van der Waals surface area contributed by atoms with Crippen molar-refractivity contribution in [2.45, 2.75) is 6.92 Å². The molecule has 0 bridgehead atoms. The van der Waals surface area contributed by atoms with Crippen molar-refractivity contribution in [1.29, 1.82) is 0 Å². The number of anilines is 1. The average molecular weight is 270 g/mol. The summed E-state index contributed by atoms with van der Waals surface area (Å²) in [6.07, 6.45) is 0. The number of ether oxygens (including phenoxy) is 1. The molecule has 0 aliphatic heterocycles. The Bertz CT molecular complexity index is 619. The third-order valence-electron chi connectivity index (χ3n) is 2.91. The molecule has 0 heterocycles. The quantitative estimate of drug-likeness (QED) is 0.872. The highest BCUT2D eigenvalue weighted by atomic mass is 16.5. The summed E-state index contributed by atoms with van der Waals surface area (Å²) >= 11 is 0. The molecule has 20 heavy (non-hydrogen) atoms. The van der Waals surface area contributed by atoms with Gasteiger partial charge < -0.3 is 15.4 Å². The summed E-state index contributed by atoms with van der Waals surface area (Å²) in [4.78, 5) is 13.3. The maximum atomic E-state index is 11.8. The van der Waals surface area contributed by atoms with Crippen molar-refractivity contribution >= 4 is 11.6 Å². The van der Waals surface area contributed by atoms with Gasteiger partial charge in [-0.25, -0.2) is 0 Å². The molecule has 1 amide bonds. The van der Waals surface area contributed by atoms with Crippen LogP contribution in [0.3, 0.4) is 0 Å². The largest absolute Gasteiger partial charge is 0.455 e. The summed E-state index contributed by atoms with van der Waals surface area (Å²) in [6.45, 7) is 2.01. The molecule has 2 aromatic carbocycles. The van der Waals surface area contributed by atoms with E-state index in [9.17, 15) is 4.79 Å². The highest BCUT2D eigenvalue weighted by molar-refractivity contribution is 5.95. The van der Waals surface area contributed by atoms with E-state index in [4.69, 9.17) is 10.5 Å². The second kappa shape index (κ2) is 5.65. The zero-order chi connectivity index (χ0) is 14.7. The van der Waals surface area contributed by atoms with E-state index < -0.39 is 0 Å². The highest BCUT2D eigenvalue weighted by Crippen LogP contribution is 2.28. The van der Waals surface area contributed by atoms with Crippen LogP contribution in [0, 0.1) is 6.92 Å². The van der Waals surface area contributed by atoms with Gasteiger partial charge in [-0.15, -0.1) is 0 Å². The van der Waals surface area contributed by atoms with Gasteiger partial charge in [0.2, 0.25) is 0 Å². The lowest BCUT2D eigenvalue weighted by Gasteiger charge is -2.13. The Morgan fingerprint density at radius 2 is 1.75 bits per heavy atom. The number of hydrogen-bond acceptors (Lipinski definition) is 3. The molecule has 0 aliphatic rings. The fourth-order valence-electron chi connectivity index (χ4n) is 1.77. The smallest absolute Gasteiger partial charge is 0.253 e. The van der Waals surface area contributed by atoms with Crippen LogP contribution >= 0.6 is 0 Å². The molecule has 0 fully saturated rings. The highest BCUT2D eigenvalue weighted by Gasteiger charge is 2.11. The Labute approximate surface area is 118 Å². The minimum absolute atomic E-state index is 0.0846. The van der Waals surface area contributed by atoms with Crippen molar-refractivity contribution in [3.05, 3.63) is 53.6 Å². The molecule has 4 heteroatoms. The minimum atomic E-state index is -0.0846. The summed E-state index contributed by atoms with van der Waals surface area (Å²) in [6, 6.07) is 12.8. The molecule has 0 saturated carbocycles. The monoisotopic (exact) mass is 270 g/mol. The first-order valence-electron chi connectivity index (χ1n) is 6.33. The maximum Gasteiger partial charge on any atom is 0.253 e. The summed E-state index contributed by atoms with van der Waals surface area (Å²) in [5.74, 6) is 1.18. The number of carbonyl (C=O) groups is 1. The number of aryl methyl sites for hydroxylation is 1. The second-order valence-electron chi connectivity index (χ2n) is 4.87. The van der Waals surface area contributed by atoms with Crippen LogP contribution in [0.4, 0.5) is 5.69 Å². The van der Waals surface area contributed by atoms with Crippen molar-refractivity contribution in [3.8, 4) is 11.5 Å². The van der Waals surface area contributed by atoms with Crippen LogP contribution in [0.25, 0.3) is 0 Å². The molecular formula is C16H18N2O2. The van der Waals surface area contributed by atoms with Crippen LogP contribution in [0.15, 0.2) is 42.5 Å². The van der Waals surface area contributed by atoms with E-state index in [1.165, 1.54) is 4.90 Å². The van der Waals surface area contributed by atoms with Crippen molar-refractivity contribution < 1.29 is 9.53 Å². The van der Waals surface area contributed by atoms with E-state index in [-0.39, 0.29) is 5.91 Å². The average Bonchev–Trinajstić information content (AvgIpc) is 2.42. The van der Waals surface area contributed by atoms with Crippen LogP contribution in [0.1, 0.15) is 15.9 Å². The first kappa shape index (κ1) is 13.9. The Balaban J connectivity index is 2.22. The molecule has 0 spiro atoms. The van der Waals surface area contributed by atoms with Crippen LogP contribution in [-0.4, -0.2) is 24.9 Å². The molecule has 4 nitrogen and oxygen atoms in total. The van der Waals surface area contributed by atoms with E-state index in [1.54, 1.807) is 32.3 Å². The minimum Gasteiger partial charge on any atom is -0.455 e. The van der Waals surface area contributed by atoms with Crippen molar-refractivity contribution in [1.82, 2.24) is 4.90 Å². The van der Waals surface area contributed by atoms with Gasteiger partial charge in [0, 0.05) is 19.7 Å². The van der Waals surface area contributed by atoms with Crippen molar-refractivity contribution in [3.63, 3.8) is 0 Å². The number of amides is 1. The summed E-state index contributed by atoms with van der Waals surface area (Å²) in [7, 11) is 3.41. The Kier molecular flexibility index (Phi) is 3.94. The lowest BCUT2D eigenvalue weighted by atomic mass is 10.1. The number of nitrogens with two attached hydrogens (primary N) is 1. The number of hydrogen-bond donors (Lipinski definition) is 1. The third kappa shape index (κ3) is 3.09. The first-order chi connectivity index (χ1) is 9.47. The van der Waals surface area contributed by atoms with Crippen LogP contribution < -0.4 is 10.5 Å². The van der Waals surface area contributed by atoms with E-state index >= 15 is 0 Å². The van der Waals surface area contributed by atoms with Gasteiger partial charge in [0.15, 0.2) is 0 Å². The zero-order valence-electron chi connectivity index (χ0n) is 11.9. The van der Waals surface area contributed by atoms with Gasteiger partial charge in [-0.05, 0) is 37.3 Å². The zero-order valence-corrected chi connectivity index (χ0v) is 11.9. The number of carbonyl (C=O) groups excluding carboxylic acids is 1. The Hall–Kier alpha value is -2.49. The Morgan fingerprint density at radius 1 is 1.10 bits per heavy atom. The lowest BCUT2D eigenvalue weighted by molar-refractivity contribution is 0.0827. The molecule has 0 atom stereocenters. The van der Waals surface area contributed by atoms with E-state index in [0.717, 1.165) is 5.56 Å². The maximum absolute atomic E-state index is 11.8. The molecule has 0 aromatic heterocycles. The normalized spacial score (nSPS) is 10.2. The SMILES string of the molecule is Cc1ccc(Oc2ccc(C(=O)N(C)C)cc2N)cc1.